The predicted octanol–water partition coefficient (Wildman–Crippen LogP) is 3.31. The second-order valence-corrected chi connectivity index (χ2v) is 6.51. The number of phenols is 2. The van der Waals surface area contributed by atoms with Crippen LogP contribution >= 0.6 is 0 Å². The van der Waals surface area contributed by atoms with Gasteiger partial charge in [0, 0.05) is 19.5 Å². The summed E-state index contributed by atoms with van der Waals surface area (Å²) in [7, 11) is 0. The number of amides is 1. The normalized spacial score (nSPS) is 13.6. The molecule has 0 radical (unpaired) electrons. The van der Waals surface area contributed by atoms with Crippen molar-refractivity contribution in [2.45, 2.75) is 39.2 Å². The number of benzene rings is 2. The molecule has 1 aliphatic rings. The predicted molar refractivity (Wildman–Crippen MR) is 93.0 cm³/mol. The minimum atomic E-state index is -0.123. The van der Waals surface area contributed by atoms with Crippen molar-refractivity contribution in [1.29, 1.82) is 0 Å². The molecule has 3 rings (SSSR count). The Morgan fingerprint density at radius 1 is 1.08 bits per heavy atom. The average Bonchev–Trinajstić information content (AvgIpc) is 2.57. The summed E-state index contributed by atoms with van der Waals surface area (Å²) in [6.07, 6.45) is 3.00. The van der Waals surface area contributed by atoms with Crippen molar-refractivity contribution in [3.8, 4) is 11.5 Å². The lowest BCUT2D eigenvalue weighted by Gasteiger charge is -2.29. The second kappa shape index (κ2) is 6.95. The largest absolute Gasteiger partial charge is 0.504 e. The van der Waals surface area contributed by atoms with Crippen LogP contribution in [0.1, 0.15) is 35.1 Å². The molecule has 2 aromatic rings. The van der Waals surface area contributed by atoms with Gasteiger partial charge in [-0.2, -0.15) is 0 Å². The number of carbonyl (C=O) groups is 1. The molecule has 0 aromatic heterocycles. The van der Waals surface area contributed by atoms with Crippen LogP contribution in [-0.2, 0) is 24.2 Å². The van der Waals surface area contributed by atoms with Crippen molar-refractivity contribution in [3.05, 3.63) is 58.7 Å². The number of aromatic hydroxyl groups is 2. The zero-order chi connectivity index (χ0) is 17.1. The summed E-state index contributed by atoms with van der Waals surface area (Å²) >= 11 is 0. The quantitative estimate of drug-likeness (QED) is 0.848. The van der Waals surface area contributed by atoms with Gasteiger partial charge in [0.05, 0.1) is 0 Å². The number of nitrogens with zero attached hydrogens (tertiary/aromatic N) is 1. The Labute approximate surface area is 142 Å². The summed E-state index contributed by atoms with van der Waals surface area (Å²) in [5.74, 6) is -0.0608. The molecule has 1 amide bonds. The first-order valence-electron chi connectivity index (χ1n) is 8.40. The molecule has 0 bridgehead atoms. The van der Waals surface area contributed by atoms with E-state index in [1.165, 1.54) is 11.1 Å². The number of hydrogen-bond acceptors (Lipinski definition) is 3. The lowest BCUT2D eigenvalue weighted by atomic mass is 9.98. The Bertz CT molecular complexity index is 737. The first-order chi connectivity index (χ1) is 11.5. The highest BCUT2D eigenvalue weighted by Gasteiger charge is 2.21. The van der Waals surface area contributed by atoms with Gasteiger partial charge in [0.15, 0.2) is 11.5 Å². The van der Waals surface area contributed by atoms with E-state index in [2.05, 4.69) is 31.2 Å². The Kier molecular flexibility index (Phi) is 4.74. The molecule has 0 saturated carbocycles. The van der Waals surface area contributed by atoms with Gasteiger partial charge < -0.3 is 15.1 Å². The fourth-order valence-electron chi connectivity index (χ4n) is 3.15. The molecular weight excluding hydrogens is 302 g/mol. The summed E-state index contributed by atoms with van der Waals surface area (Å²) < 4.78 is 0. The summed E-state index contributed by atoms with van der Waals surface area (Å²) in [5, 5.41) is 19.2. The Balaban J connectivity index is 1.54. The first kappa shape index (κ1) is 16.4. The van der Waals surface area contributed by atoms with E-state index in [0.29, 0.717) is 25.9 Å². The third kappa shape index (κ3) is 3.70. The molecule has 4 heteroatoms. The van der Waals surface area contributed by atoms with Crippen molar-refractivity contribution in [3.63, 3.8) is 0 Å². The van der Waals surface area contributed by atoms with E-state index in [1.54, 1.807) is 12.1 Å². The maximum absolute atomic E-state index is 12.4. The summed E-state index contributed by atoms with van der Waals surface area (Å²) in [6.45, 7) is 3.24. The second-order valence-electron chi connectivity index (χ2n) is 6.51. The van der Waals surface area contributed by atoms with E-state index in [9.17, 15) is 15.0 Å². The third-order valence-electron chi connectivity index (χ3n) is 4.64. The van der Waals surface area contributed by atoms with Gasteiger partial charge in [0.2, 0.25) is 5.91 Å². The van der Waals surface area contributed by atoms with E-state index in [1.807, 2.05) is 4.90 Å². The van der Waals surface area contributed by atoms with Gasteiger partial charge in [-0.1, -0.05) is 29.8 Å². The van der Waals surface area contributed by atoms with Crippen LogP contribution in [0.3, 0.4) is 0 Å². The van der Waals surface area contributed by atoms with Gasteiger partial charge in [-0.05, 0) is 55.0 Å². The molecule has 0 saturated heterocycles. The van der Waals surface area contributed by atoms with Crippen LogP contribution in [0.4, 0.5) is 0 Å². The van der Waals surface area contributed by atoms with Gasteiger partial charge in [0.1, 0.15) is 0 Å². The Morgan fingerprint density at radius 3 is 2.46 bits per heavy atom. The molecule has 0 aliphatic carbocycles. The summed E-state index contributed by atoms with van der Waals surface area (Å²) in [4.78, 5) is 14.3. The van der Waals surface area contributed by atoms with Crippen LogP contribution in [0.25, 0.3) is 0 Å². The molecule has 4 nitrogen and oxygen atoms in total. The minimum absolute atomic E-state index is 0.0911. The number of hydrogen-bond donors (Lipinski definition) is 2. The molecule has 0 spiro atoms. The standard InChI is InChI=1S/C20H23NO3/c1-14-5-7-15(8-6-14)3-2-4-20(24)21-10-9-16-11-18(22)19(23)12-17(16)13-21/h5-8,11-12,22-23H,2-4,9-10,13H2,1H3. The molecule has 1 aliphatic heterocycles. The van der Waals surface area contributed by atoms with E-state index in [0.717, 1.165) is 24.0 Å². The van der Waals surface area contributed by atoms with Crippen molar-refractivity contribution in [2.75, 3.05) is 6.54 Å². The fraction of sp³-hybridized carbons (Fsp3) is 0.350. The van der Waals surface area contributed by atoms with E-state index >= 15 is 0 Å². The highest BCUT2D eigenvalue weighted by atomic mass is 16.3. The Hall–Kier alpha value is -2.49. The lowest BCUT2D eigenvalue weighted by molar-refractivity contribution is -0.132. The van der Waals surface area contributed by atoms with Gasteiger partial charge in [-0.15, -0.1) is 0 Å². The highest BCUT2D eigenvalue weighted by Crippen LogP contribution is 2.31. The molecule has 24 heavy (non-hydrogen) atoms. The van der Waals surface area contributed by atoms with E-state index in [4.69, 9.17) is 0 Å². The fourth-order valence-corrected chi connectivity index (χ4v) is 3.15. The molecule has 0 atom stereocenters. The SMILES string of the molecule is Cc1ccc(CCCC(=O)N2CCc3cc(O)c(O)cc3C2)cc1. The van der Waals surface area contributed by atoms with Gasteiger partial charge in [-0.25, -0.2) is 0 Å². The van der Waals surface area contributed by atoms with Crippen LogP contribution in [0, 0.1) is 6.92 Å². The van der Waals surface area contributed by atoms with Crippen molar-refractivity contribution < 1.29 is 15.0 Å². The van der Waals surface area contributed by atoms with E-state index in [-0.39, 0.29) is 17.4 Å². The zero-order valence-electron chi connectivity index (χ0n) is 14.0. The topological polar surface area (TPSA) is 60.8 Å². The first-order valence-corrected chi connectivity index (χ1v) is 8.40. The zero-order valence-corrected chi connectivity index (χ0v) is 14.0. The molecule has 0 unspecified atom stereocenters. The van der Waals surface area contributed by atoms with Gasteiger partial charge in [0.25, 0.3) is 0 Å². The smallest absolute Gasteiger partial charge is 0.222 e. The number of aryl methyl sites for hydroxylation is 2. The molecule has 1 heterocycles. The minimum Gasteiger partial charge on any atom is -0.504 e. The maximum Gasteiger partial charge on any atom is 0.222 e. The molecular formula is C20H23NO3. The van der Waals surface area contributed by atoms with Crippen LogP contribution < -0.4 is 0 Å². The van der Waals surface area contributed by atoms with Gasteiger partial charge in [-0.3, -0.25) is 4.79 Å². The van der Waals surface area contributed by atoms with Crippen LogP contribution in [0.15, 0.2) is 36.4 Å². The van der Waals surface area contributed by atoms with Gasteiger partial charge >= 0.3 is 0 Å². The number of fused-ring (bicyclic) bond motifs is 1. The monoisotopic (exact) mass is 325 g/mol. The number of rotatable bonds is 4. The summed E-state index contributed by atoms with van der Waals surface area (Å²) in [6, 6.07) is 11.6. The lowest BCUT2D eigenvalue weighted by Crippen LogP contribution is -2.35. The maximum atomic E-state index is 12.4. The van der Waals surface area contributed by atoms with Crippen LogP contribution in [-0.4, -0.2) is 27.6 Å². The van der Waals surface area contributed by atoms with Crippen LogP contribution in [0.5, 0.6) is 11.5 Å². The molecule has 0 fully saturated rings. The van der Waals surface area contributed by atoms with E-state index < -0.39 is 0 Å². The average molecular weight is 325 g/mol. The highest BCUT2D eigenvalue weighted by molar-refractivity contribution is 5.76. The molecule has 126 valence electrons. The molecule has 2 N–H and O–H groups in total. The molecule has 2 aromatic carbocycles. The van der Waals surface area contributed by atoms with Crippen molar-refractivity contribution in [1.82, 2.24) is 4.90 Å². The number of carbonyl (C=O) groups excluding carboxylic acids is 1. The number of phenolic OH excluding ortho intramolecular Hbond substituents is 2. The van der Waals surface area contributed by atoms with Crippen molar-refractivity contribution >= 4 is 5.91 Å². The summed E-state index contributed by atoms with van der Waals surface area (Å²) in [5.41, 5.74) is 4.44. The third-order valence-corrected chi connectivity index (χ3v) is 4.64. The Morgan fingerprint density at radius 2 is 1.75 bits per heavy atom. The van der Waals surface area contributed by atoms with Crippen molar-refractivity contribution in [2.24, 2.45) is 0 Å². The van der Waals surface area contributed by atoms with Crippen LogP contribution in [0.2, 0.25) is 0 Å².